The predicted octanol–water partition coefficient (Wildman–Crippen LogP) is 4.65. The Hall–Kier alpha value is -2.95. The summed E-state index contributed by atoms with van der Waals surface area (Å²) in [6.07, 6.45) is 2.92. The number of benzene rings is 2. The number of likely N-dealkylation sites (tertiary alicyclic amines) is 1. The van der Waals surface area contributed by atoms with Crippen LogP contribution in [0.15, 0.2) is 52.9 Å². The molecule has 1 fully saturated rings. The monoisotopic (exact) mass is 375 g/mol. The summed E-state index contributed by atoms with van der Waals surface area (Å²) in [6.45, 7) is 4.97. The van der Waals surface area contributed by atoms with E-state index in [4.69, 9.17) is 4.42 Å². The van der Waals surface area contributed by atoms with Crippen LogP contribution in [0.2, 0.25) is 0 Å². The Labute approximate surface area is 165 Å². The van der Waals surface area contributed by atoms with E-state index in [0.717, 1.165) is 24.9 Å². The summed E-state index contributed by atoms with van der Waals surface area (Å²) >= 11 is 0. The van der Waals surface area contributed by atoms with E-state index in [-0.39, 0.29) is 11.9 Å². The zero-order valence-electron chi connectivity index (χ0n) is 16.4. The van der Waals surface area contributed by atoms with Crippen molar-refractivity contribution in [2.45, 2.75) is 45.6 Å². The van der Waals surface area contributed by atoms with Gasteiger partial charge in [-0.15, -0.1) is 10.2 Å². The van der Waals surface area contributed by atoms with Gasteiger partial charge >= 0.3 is 0 Å². The van der Waals surface area contributed by atoms with Crippen molar-refractivity contribution in [3.8, 4) is 11.5 Å². The first-order chi connectivity index (χ1) is 13.6. The molecule has 0 radical (unpaired) electrons. The molecule has 1 unspecified atom stereocenters. The molecule has 144 valence electrons. The van der Waals surface area contributed by atoms with Gasteiger partial charge in [0.25, 0.3) is 0 Å². The standard InChI is InChI=1S/C23H25N3O2/c1-16-9-11-18(12-10-16)23-25-24-21(28-23)13-14-22(27)26-15-5-8-20(26)19-7-4-3-6-17(19)2/h3-4,6-7,9-12,20H,5,8,13-15H2,1-2H3. The highest BCUT2D eigenvalue weighted by Gasteiger charge is 2.30. The normalized spacial score (nSPS) is 16.5. The molecule has 2 aromatic carbocycles. The first-order valence-electron chi connectivity index (χ1n) is 9.86. The molecule has 1 amide bonds. The van der Waals surface area contributed by atoms with Crippen LogP contribution in [0.5, 0.6) is 0 Å². The van der Waals surface area contributed by atoms with Gasteiger partial charge in [0.05, 0.1) is 6.04 Å². The maximum Gasteiger partial charge on any atom is 0.247 e. The zero-order valence-corrected chi connectivity index (χ0v) is 16.4. The third kappa shape index (κ3) is 3.84. The molecule has 5 nitrogen and oxygen atoms in total. The van der Waals surface area contributed by atoms with Crippen molar-refractivity contribution in [2.24, 2.45) is 0 Å². The first kappa shape index (κ1) is 18.4. The largest absolute Gasteiger partial charge is 0.421 e. The second-order valence-electron chi connectivity index (χ2n) is 7.47. The minimum Gasteiger partial charge on any atom is -0.421 e. The summed E-state index contributed by atoms with van der Waals surface area (Å²) in [5.41, 5.74) is 4.58. The van der Waals surface area contributed by atoms with Crippen molar-refractivity contribution in [1.82, 2.24) is 15.1 Å². The Bertz CT molecular complexity index is 962. The van der Waals surface area contributed by atoms with E-state index >= 15 is 0 Å². The van der Waals surface area contributed by atoms with Crippen LogP contribution < -0.4 is 0 Å². The molecule has 28 heavy (non-hydrogen) atoms. The van der Waals surface area contributed by atoms with E-state index in [1.54, 1.807) is 0 Å². The summed E-state index contributed by atoms with van der Waals surface area (Å²) in [5, 5.41) is 8.24. The molecule has 5 heteroatoms. The topological polar surface area (TPSA) is 59.2 Å². The summed E-state index contributed by atoms with van der Waals surface area (Å²) < 4.78 is 5.76. The van der Waals surface area contributed by atoms with Gasteiger partial charge in [0.15, 0.2) is 0 Å². The molecule has 2 heterocycles. The number of aromatic nitrogens is 2. The fraction of sp³-hybridized carbons (Fsp3) is 0.348. The summed E-state index contributed by atoms with van der Waals surface area (Å²) in [7, 11) is 0. The molecular weight excluding hydrogens is 350 g/mol. The van der Waals surface area contributed by atoms with Crippen LogP contribution in [0.25, 0.3) is 11.5 Å². The van der Waals surface area contributed by atoms with Gasteiger partial charge in [-0.3, -0.25) is 4.79 Å². The second kappa shape index (κ2) is 7.97. The molecule has 0 bridgehead atoms. The van der Waals surface area contributed by atoms with Gasteiger partial charge in [0.1, 0.15) is 0 Å². The molecule has 1 aliphatic rings. The van der Waals surface area contributed by atoms with Gasteiger partial charge in [-0.05, 0) is 49.9 Å². The average Bonchev–Trinajstić information content (AvgIpc) is 3.37. The summed E-state index contributed by atoms with van der Waals surface area (Å²) in [4.78, 5) is 14.9. The molecule has 0 N–H and O–H groups in total. The number of hydrogen-bond donors (Lipinski definition) is 0. The first-order valence-corrected chi connectivity index (χ1v) is 9.86. The van der Waals surface area contributed by atoms with Gasteiger partial charge in [-0.1, -0.05) is 42.0 Å². The van der Waals surface area contributed by atoms with Crippen molar-refractivity contribution >= 4 is 5.91 Å². The minimum atomic E-state index is 0.154. The molecule has 3 aromatic rings. The van der Waals surface area contributed by atoms with Crippen molar-refractivity contribution in [3.63, 3.8) is 0 Å². The number of hydrogen-bond acceptors (Lipinski definition) is 4. The molecule has 0 saturated carbocycles. The Balaban J connectivity index is 1.40. The van der Waals surface area contributed by atoms with Crippen LogP contribution in [0, 0.1) is 13.8 Å². The van der Waals surface area contributed by atoms with Gasteiger partial charge in [0.2, 0.25) is 17.7 Å². The van der Waals surface area contributed by atoms with E-state index in [1.807, 2.05) is 48.2 Å². The SMILES string of the molecule is Cc1ccc(-c2nnc(CCC(=O)N3CCCC3c3ccccc3C)o2)cc1. The number of carbonyl (C=O) groups excluding carboxylic acids is 1. The summed E-state index contributed by atoms with van der Waals surface area (Å²) in [5.74, 6) is 1.16. The Morgan fingerprint density at radius 1 is 1.11 bits per heavy atom. The molecule has 0 spiro atoms. The third-order valence-electron chi connectivity index (χ3n) is 5.44. The Morgan fingerprint density at radius 3 is 2.68 bits per heavy atom. The smallest absolute Gasteiger partial charge is 0.247 e. The zero-order chi connectivity index (χ0) is 19.5. The van der Waals surface area contributed by atoms with Gasteiger partial charge in [0, 0.05) is 24.9 Å². The van der Waals surface area contributed by atoms with Crippen molar-refractivity contribution in [1.29, 1.82) is 0 Å². The third-order valence-corrected chi connectivity index (χ3v) is 5.44. The number of amides is 1. The van der Waals surface area contributed by atoms with Crippen LogP contribution >= 0.6 is 0 Å². The Morgan fingerprint density at radius 2 is 1.89 bits per heavy atom. The summed E-state index contributed by atoms with van der Waals surface area (Å²) in [6, 6.07) is 16.5. The highest BCUT2D eigenvalue weighted by atomic mass is 16.4. The highest BCUT2D eigenvalue weighted by molar-refractivity contribution is 5.77. The van der Waals surface area contributed by atoms with Crippen molar-refractivity contribution in [2.75, 3.05) is 6.54 Å². The number of carbonyl (C=O) groups is 1. The number of aryl methyl sites for hydroxylation is 3. The molecule has 1 aromatic heterocycles. The lowest BCUT2D eigenvalue weighted by Gasteiger charge is -2.26. The highest BCUT2D eigenvalue weighted by Crippen LogP contribution is 2.34. The van der Waals surface area contributed by atoms with E-state index in [2.05, 4.69) is 29.3 Å². The van der Waals surface area contributed by atoms with Crippen LogP contribution in [-0.2, 0) is 11.2 Å². The fourth-order valence-corrected chi connectivity index (χ4v) is 3.87. The molecule has 1 saturated heterocycles. The maximum absolute atomic E-state index is 12.9. The molecular formula is C23H25N3O2. The lowest BCUT2D eigenvalue weighted by atomic mass is 9.99. The minimum absolute atomic E-state index is 0.154. The maximum atomic E-state index is 12.9. The molecule has 1 atom stereocenters. The van der Waals surface area contributed by atoms with E-state index in [0.29, 0.717) is 24.6 Å². The number of rotatable bonds is 5. The van der Waals surface area contributed by atoms with Crippen molar-refractivity contribution in [3.05, 3.63) is 71.1 Å². The number of nitrogens with zero attached hydrogens (tertiary/aromatic N) is 3. The van der Waals surface area contributed by atoms with E-state index in [1.165, 1.54) is 16.7 Å². The molecule has 0 aliphatic carbocycles. The van der Waals surface area contributed by atoms with Crippen LogP contribution in [0.3, 0.4) is 0 Å². The lowest BCUT2D eigenvalue weighted by molar-refractivity contribution is -0.132. The lowest BCUT2D eigenvalue weighted by Crippen LogP contribution is -2.31. The predicted molar refractivity (Wildman–Crippen MR) is 108 cm³/mol. The van der Waals surface area contributed by atoms with Crippen LogP contribution in [0.1, 0.15) is 47.9 Å². The average molecular weight is 375 g/mol. The quantitative estimate of drug-likeness (QED) is 0.651. The Kier molecular flexibility index (Phi) is 5.24. The van der Waals surface area contributed by atoms with Gasteiger partial charge in [-0.2, -0.15) is 0 Å². The van der Waals surface area contributed by atoms with Gasteiger partial charge in [-0.25, -0.2) is 0 Å². The fourth-order valence-electron chi connectivity index (χ4n) is 3.87. The van der Waals surface area contributed by atoms with Crippen molar-refractivity contribution < 1.29 is 9.21 Å². The van der Waals surface area contributed by atoms with E-state index in [9.17, 15) is 4.79 Å². The van der Waals surface area contributed by atoms with Crippen LogP contribution in [-0.4, -0.2) is 27.5 Å². The second-order valence-corrected chi connectivity index (χ2v) is 7.47. The molecule has 4 rings (SSSR count). The van der Waals surface area contributed by atoms with E-state index < -0.39 is 0 Å². The molecule has 1 aliphatic heterocycles. The van der Waals surface area contributed by atoms with Crippen LogP contribution in [0.4, 0.5) is 0 Å². The van der Waals surface area contributed by atoms with Gasteiger partial charge < -0.3 is 9.32 Å².